The van der Waals surface area contributed by atoms with Crippen molar-refractivity contribution in [2.45, 2.75) is 40.5 Å². The van der Waals surface area contributed by atoms with Gasteiger partial charge in [-0.2, -0.15) is 0 Å². The molecule has 0 heterocycles. The zero-order valence-electron chi connectivity index (χ0n) is 10.8. The van der Waals surface area contributed by atoms with Crippen molar-refractivity contribution in [3.8, 4) is 0 Å². The Balaban J connectivity index is 3.98. The monoisotopic (exact) mass is 215 g/mol. The Kier molecular flexibility index (Phi) is 6.57. The number of carbonyl (C=O) groups is 1. The van der Waals surface area contributed by atoms with Gasteiger partial charge in [0, 0.05) is 0 Å². The molecule has 0 aromatic rings. The third kappa shape index (κ3) is 8.43. The zero-order valence-corrected chi connectivity index (χ0v) is 10.8. The summed E-state index contributed by atoms with van der Waals surface area (Å²) in [5.74, 6) is -0.141. The average molecular weight is 215 g/mol. The maximum absolute atomic E-state index is 11.2. The summed E-state index contributed by atoms with van der Waals surface area (Å²) in [4.78, 5) is 13.3. The van der Waals surface area contributed by atoms with E-state index in [1.54, 1.807) is 0 Å². The van der Waals surface area contributed by atoms with Gasteiger partial charge in [0.15, 0.2) is 0 Å². The minimum absolute atomic E-state index is 0.141. The van der Waals surface area contributed by atoms with Crippen molar-refractivity contribution in [3.63, 3.8) is 0 Å². The van der Waals surface area contributed by atoms with Gasteiger partial charge in [-0.1, -0.05) is 27.7 Å². The number of carbonyl (C=O) groups excluding carboxylic acids is 1. The van der Waals surface area contributed by atoms with E-state index >= 15 is 0 Å². The van der Waals surface area contributed by atoms with Crippen LogP contribution in [-0.4, -0.2) is 37.6 Å². The number of methoxy groups -OCH3 is 1. The van der Waals surface area contributed by atoms with Crippen LogP contribution in [0.4, 0.5) is 0 Å². The SMILES string of the molecule is CCCN(CCC(C)(C)C)CC(=O)OC. The molecule has 0 aromatic carbocycles. The zero-order chi connectivity index (χ0) is 11.9. The molecular weight excluding hydrogens is 190 g/mol. The van der Waals surface area contributed by atoms with Crippen molar-refractivity contribution in [1.82, 2.24) is 4.90 Å². The number of esters is 1. The number of ether oxygens (including phenoxy) is 1. The molecule has 0 fully saturated rings. The van der Waals surface area contributed by atoms with Crippen LogP contribution in [0.15, 0.2) is 0 Å². The lowest BCUT2D eigenvalue weighted by Crippen LogP contribution is -2.33. The predicted molar refractivity (Wildman–Crippen MR) is 62.8 cm³/mol. The molecule has 0 aliphatic rings. The first-order chi connectivity index (χ1) is 6.89. The van der Waals surface area contributed by atoms with Crippen molar-refractivity contribution in [3.05, 3.63) is 0 Å². The molecule has 0 rings (SSSR count). The summed E-state index contributed by atoms with van der Waals surface area (Å²) in [5, 5.41) is 0. The summed E-state index contributed by atoms with van der Waals surface area (Å²) < 4.78 is 4.68. The highest BCUT2D eigenvalue weighted by atomic mass is 16.5. The van der Waals surface area contributed by atoms with Crippen LogP contribution in [0.2, 0.25) is 0 Å². The van der Waals surface area contributed by atoms with Crippen LogP contribution in [0, 0.1) is 5.41 Å². The smallest absolute Gasteiger partial charge is 0.319 e. The second-order valence-electron chi connectivity index (χ2n) is 5.16. The van der Waals surface area contributed by atoms with Crippen molar-refractivity contribution < 1.29 is 9.53 Å². The van der Waals surface area contributed by atoms with Crippen molar-refractivity contribution in [2.24, 2.45) is 5.41 Å². The number of rotatable bonds is 6. The van der Waals surface area contributed by atoms with Crippen molar-refractivity contribution in [2.75, 3.05) is 26.7 Å². The van der Waals surface area contributed by atoms with Gasteiger partial charge in [-0.25, -0.2) is 0 Å². The molecule has 0 aromatic heterocycles. The van der Waals surface area contributed by atoms with Crippen molar-refractivity contribution in [1.29, 1.82) is 0 Å². The number of nitrogens with zero attached hydrogens (tertiary/aromatic N) is 1. The second kappa shape index (κ2) is 6.83. The molecule has 15 heavy (non-hydrogen) atoms. The summed E-state index contributed by atoms with van der Waals surface area (Å²) in [6, 6.07) is 0. The van der Waals surface area contributed by atoms with E-state index in [-0.39, 0.29) is 5.97 Å². The maximum Gasteiger partial charge on any atom is 0.319 e. The van der Waals surface area contributed by atoms with E-state index in [1.165, 1.54) is 7.11 Å². The molecule has 0 atom stereocenters. The topological polar surface area (TPSA) is 29.5 Å². The Bertz CT molecular complexity index is 185. The number of hydrogen-bond acceptors (Lipinski definition) is 3. The molecule has 0 N–H and O–H groups in total. The Morgan fingerprint density at radius 1 is 1.27 bits per heavy atom. The molecule has 0 aliphatic heterocycles. The molecule has 0 spiro atoms. The van der Waals surface area contributed by atoms with Crippen LogP contribution in [0.25, 0.3) is 0 Å². The van der Waals surface area contributed by atoms with E-state index in [0.29, 0.717) is 12.0 Å². The maximum atomic E-state index is 11.2. The summed E-state index contributed by atoms with van der Waals surface area (Å²) in [6.45, 7) is 11.1. The fraction of sp³-hybridized carbons (Fsp3) is 0.917. The normalized spacial score (nSPS) is 11.9. The van der Waals surface area contributed by atoms with Crippen LogP contribution < -0.4 is 0 Å². The fourth-order valence-corrected chi connectivity index (χ4v) is 1.33. The van der Waals surface area contributed by atoms with Crippen LogP contribution in [0.3, 0.4) is 0 Å². The highest BCUT2D eigenvalue weighted by Crippen LogP contribution is 2.18. The summed E-state index contributed by atoms with van der Waals surface area (Å²) in [7, 11) is 1.44. The predicted octanol–water partition coefficient (Wildman–Crippen LogP) is 2.31. The summed E-state index contributed by atoms with van der Waals surface area (Å²) in [5.41, 5.74) is 0.322. The van der Waals surface area contributed by atoms with Gasteiger partial charge < -0.3 is 4.74 Å². The van der Waals surface area contributed by atoms with E-state index < -0.39 is 0 Å². The molecule has 0 saturated heterocycles. The highest BCUT2D eigenvalue weighted by Gasteiger charge is 2.15. The van der Waals surface area contributed by atoms with E-state index in [0.717, 1.165) is 25.9 Å². The van der Waals surface area contributed by atoms with Crippen LogP contribution in [0.1, 0.15) is 40.5 Å². The molecule has 0 saturated carbocycles. The molecule has 3 nitrogen and oxygen atoms in total. The lowest BCUT2D eigenvalue weighted by molar-refractivity contribution is -0.142. The van der Waals surface area contributed by atoms with Crippen LogP contribution >= 0.6 is 0 Å². The minimum Gasteiger partial charge on any atom is -0.468 e. The van der Waals surface area contributed by atoms with Gasteiger partial charge in [-0.3, -0.25) is 9.69 Å². The first-order valence-corrected chi connectivity index (χ1v) is 5.68. The number of hydrogen-bond donors (Lipinski definition) is 0. The van der Waals surface area contributed by atoms with Gasteiger partial charge in [0.2, 0.25) is 0 Å². The molecular formula is C12H25NO2. The van der Waals surface area contributed by atoms with Gasteiger partial charge in [-0.05, 0) is 31.3 Å². The first kappa shape index (κ1) is 14.4. The lowest BCUT2D eigenvalue weighted by Gasteiger charge is -2.25. The van der Waals surface area contributed by atoms with E-state index in [4.69, 9.17) is 0 Å². The van der Waals surface area contributed by atoms with Gasteiger partial charge in [0.05, 0.1) is 13.7 Å². The molecule has 0 unspecified atom stereocenters. The minimum atomic E-state index is -0.141. The van der Waals surface area contributed by atoms with E-state index in [1.807, 2.05) is 0 Å². The average Bonchev–Trinajstić information content (AvgIpc) is 2.13. The van der Waals surface area contributed by atoms with Crippen molar-refractivity contribution >= 4 is 5.97 Å². The van der Waals surface area contributed by atoms with Gasteiger partial charge >= 0.3 is 5.97 Å². The largest absolute Gasteiger partial charge is 0.468 e. The Hall–Kier alpha value is -0.570. The molecule has 0 amide bonds. The Labute approximate surface area is 93.8 Å². The third-order valence-electron chi connectivity index (χ3n) is 2.30. The molecule has 0 radical (unpaired) electrons. The van der Waals surface area contributed by atoms with Gasteiger partial charge in [0.25, 0.3) is 0 Å². The second-order valence-corrected chi connectivity index (χ2v) is 5.16. The summed E-state index contributed by atoms with van der Waals surface area (Å²) in [6.07, 6.45) is 2.17. The third-order valence-corrected chi connectivity index (χ3v) is 2.30. The van der Waals surface area contributed by atoms with Crippen LogP contribution in [0.5, 0.6) is 0 Å². The summed E-state index contributed by atoms with van der Waals surface area (Å²) >= 11 is 0. The van der Waals surface area contributed by atoms with Gasteiger partial charge in [0.1, 0.15) is 0 Å². The van der Waals surface area contributed by atoms with Gasteiger partial charge in [-0.15, -0.1) is 0 Å². The van der Waals surface area contributed by atoms with E-state index in [9.17, 15) is 4.79 Å². The Morgan fingerprint density at radius 3 is 2.27 bits per heavy atom. The first-order valence-electron chi connectivity index (χ1n) is 5.68. The lowest BCUT2D eigenvalue weighted by atomic mass is 9.92. The van der Waals surface area contributed by atoms with E-state index in [2.05, 4.69) is 37.3 Å². The molecule has 3 heteroatoms. The van der Waals surface area contributed by atoms with Crippen LogP contribution in [-0.2, 0) is 9.53 Å². The Morgan fingerprint density at radius 2 is 1.87 bits per heavy atom. The highest BCUT2D eigenvalue weighted by molar-refractivity contribution is 5.71. The molecule has 0 aliphatic carbocycles. The molecule has 0 bridgehead atoms. The molecule has 90 valence electrons. The fourth-order valence-electron chi connectivity index (χ4n) is 1.33. The standard InChI is InChI=1S/C12H25NO2/c1-6-8-13(10-11(14)15-5)9-7-12(2,3)4/h6-10H2,1-5H3. The quantitative estimate of drug-likeness (QED) is 0.637.